The Hall–Kier alpha value is -2.82. The Labute approximate surface area is 275 Å². The summed E-state index contributed by atoms with van der Waals surface area (Å²) in [5.41, 5.74) is 6.57. The number of benzene rings is 1. The summed E-state index contributed by atoms with van der Waals surface area (Å²) in [5, 5.41) is 16.3. The number of hydrogen-bond acceptors (Lipinski definition) is 13. The van der Waals surface area contributed by atoms with Crippen LogP contribution in [0.5, 0.6) is 0 Å². The first-order chi connectivity index (χ1) is 21.8. The fraction of sp³-hybridized carbons (Fsp3) is 0.536. The second kappa shape index (κ2) is 15.4. The topological polar surface area (TPSA) is 202 Å². The molecule has 1 saturated heterocycles. The molecule has 1 aliphatic rings. The Bertz CT molecular complexity index is 1550. The molecule has 1 amide bonds. The lowest BCUT2D eigenvalue weighted by atomic mass is 9.96. The SMILES string of the molecule is CCOC(=O)NCC(C)(C)C(=O)SCCO[P@@](=O)(NCc1ccccc1)OC[C@H]1O[C@@H](n2cnc3c(N)ncnc32)[C@](C)(Cl)[C@@H]1O. The largest absolute Gasteiger partial charge is 0.450 e. The standard InChI is InChI=1S/C28H39ClN7O8PS/c1-5-41-26(39)31-15-27(2,3)25(38)46-12-11-42-45(40,35-13-18-9-7-6-8-10-18)43-14-19-21(37)28(4,29)24(44-19)36-17-34-20-22(30)32-16-33-23(20)36/h6-10,16-17,19,21,24,37H,5,11-15H2,1-4H3,(H,31,39)(H,35,40)(H2,30,32,33)/t19-,21-,24-,28-,45+/m1/s1. The third kappa shape index (κ3) is 8.75. The van der Waals surface area contributed by atoms with Gasteiger partial charge in [-0.25, -0.2) is 29.4 Å². The number of anilines is 1. The first-order valence-corrected chi connectivity index (χ1v) is 17.4. The van der Waals surface area contributed by atoms with Gasteiger partial charge in [-0.2, -0.15) is 0 Å². The third-order valence-corrected chi connectivity index (χ3v) is 10.3. The number of aliphatic hydroxyl groups excluding tert-OH is 1. The van der Waals surface area contributed by atoms with E-state index < -0.39 is 42.6 Å². The van der Waals surface area contributed by atoms with Crippen molar-refractivity contribution in [2.45, 2.75) is 57.5 Å². The molecule has 5 atom stereocenters. The zero-order valence-electron chi connectivity index (χ0n) is 25.9. The number of hydrogen-bond donors (Lipinski definition) is 4. The molecule has 2 aromatic heterocycles. The number of alkyl carbamates (subject to hydrolysis) is 1. The molecular formula is C28H39ClN7O8PS. The Kier molecular flexibility index (Phi) is 12.1. The van der Waals surface area contributed by atoms with E-state index in [4.69, 9.17) is 35.9 Å². The van der Waals surface area contributed by atoms with Crippen molar-refractivity contribution in [3.8, 4) is 0 Å². The first kappa shape index (κ1) is 36.0. The number of aromatic nitrogens is 4. The highest BCUT2D eigenvalue weighted by molar-refractivity contribution is 8.13. The van der Waals surface area contributed by atoms with Gasteiger partial charge >= 0.3 is 13.8 Å². The van der Waals surface area contributed by atoms with Gasteiger partial charge in [-0.15, -0.1) is 11.6 Å². The lowest BCUT2D eigenvalue weighted by Gasteiger charge is -2.26. The molecule has 0 aliphatic carbocycles. The number of carbonyl (C=O) groups is 2. The number of amides is 1. The number of carbonyl (C=O) groups excluding carboxylic acids is 2. The summed E-state index contributed by atoms with van der Waals surface area (Å²) in [4.78, 5) is 35.5. The minimum Gasteiger partial charge on any atom is -0.450 e. The number of nitrogens with zero attached hydrogens (tertiary/aromatic N) is 4. The van der Waals surface area contributed by atoms with Crippen LogP contribution in [0.25, 0.3) is 11.2 Å². The summed E-state index contributed by atoms with van der Waals surface area (Å²) in [6.07, 6.45) is -1.07. The molecule has 5 N–H and O–H groups in total. The average Bonchev–Trinajstić information content (AvgIpc) is 3.55. The Morgan fingerprint density at radius 3 is 2.70 bits per heavy atom. The van der Waals surface area contributed by atoms with E-state index in [0.29, 0.717) is 11.2 Å². The number of fused-ring (bicyclic) bond motifs is 1. The molecular weight excluding hydrogens is 661 g/mol. The molecule has 1 fully saturated rings. The van der Waals surface area contributed by atoms with Gasteiger partial charge in [-0.05, 0) is 19.4 Å². The number of nitrogens with one attached hydrogen (secondary N) is 2. The van der Waals surface area contributed by atoms with Gasteiger partial charge < -0.3 is 25.6 Å². The molecule has 0 spiro atoms. The summed E-state index contributed by atoms with van der Waals surface area (Å²) in [6.45, 7) is 6.69. The molecule has 1 aliphatic heterocycles. The van der Waals surface area contributed by atoms with Crippen LogP contribution in [-0.4, -0.2) is 85.0 Å². The van der Waals surface area contributed by atoms with Crippen molar-refractivity contribution in [3.05, 3.63) is 48.5 Å². The van der Waals surface area contributed by atoms with Crippen LogP contribution in [0.2, 0.25) is 0 Å². The van der Waals surface area contributed by atoms with E-state index in [1.54, 1.807) is 32.3 Å². The van der Waals surface area contributed by atoms with Gasteiger partial charge in [0, 0.05) is 18.8 Å². The van der Waals surface area contributed by atoms with Crippen LogP contribution in [-0.2, 0) is 34.4 Å². The highest BCUT2D eigenvalue weighted by Crippen LogP contribution is 2.48. The monoisotopic (exact) mass is 699 g/mol. The highest BCUT2D eigenvalue weighted by atomic mass is 35.5. The van der Waals surface area contributed by atoms with Gasteiger partial charge in [0.2, 0.25) is 0 Å². The predicted octanol–water partition coefficient (Wildman–Crippen LogP) is 3.63. The number of thioether (sulfide) groups is 1. The van der Waals surface area contributed by atoms with Crippen LogP contribution < -0.4 is 16.1 Å². The summed E-state index contributed by atoms with van der Waals surface area (Å²) < 4.78 is 37.9. The number of halogens is 1. The molecule has 46 heavy (non-hydrogen) atoms. The molecule has 4 rings (SSSR count). The number of rotatable bonds is 15. The molecule has 0 bridgehead atoms. The van der Waals surface area contributed by atoms with Gasteiger partial charge in [-0.3, -0.25) is 18.4 Å². The fourth-order valence-corrected chi connectivity index (χ4v) is 7.05. The summed E-state index contributed by atoms with van der Waals surface area (Å²) >= 11 is 7.77. The maximum atomic E-state index is 13.9. The van der Waals surface area contributed by atoms with Gasteiger partial charge in [0.1, 0.15) is 28.9 Å². The van der Waals surface area contributed by atoms with E-state index in [1.807, 2.05) is 30.3 Å². The van der Waals surface area contributed by atoms with E-state index in [2.05, 4.69) is 25.4 Å². The van der Waals surface area contributed by atoms with E-state index in [-0.39, 0.29) is 49.6 Å². The average molecular weight is 700 g/mol. The van der Waals surface area contributed by atoms with Crippen LogP contribution >= 0.6 is 31.1 Å². The minimum absolute atomic E-state index is 0.0815. The molecule has 252 valence electrons. The second-order valence-electron chi connectivity index (χ2n) is 11.2. The van der Waals surface area contributed by atoms with Gasteiger partial charge in [-0.1, -0.05) is 55.9 Å². The van der Waals surface area contributed by atoms with Crippen molar-refractivity contribution < 1.29 is 37.8 Å². The zero-order valence-corrected chi connectivity index (χ0v) is 28.4. The van der Waals surface area contributed by atoms with Crippen LogP contribution in [0.4, 0.5) is 10.6 Å². The Balaban J connectivity index is 1.39. The maximum absolute atomic E-state index is 13.9. The van der Waals surface area contributed by atoms with Crippen LogP contribution in [0, 0.1) is 5.41 Å². The van der Waals surface area contributed by atoms with E-state index in [1.165, 1.54) is 12.7 Å². The second-order valence-corrected chi connectivity index (χ2v) is 15.0. The van der Waals surface area contributed by atoms with Crippen molar-refractivity contribution in [2.75, 3.05) is 37.9 Å². The van der Waals surface area contributed by atoms with E-state index in [9.17, 15) is 19.3 Å². The minimum atomic E-state index is -4.00. The first-order valence-electron chi connectivity index (χ1n) is 14.5. The van der Waals surface area contributed by atoms with Crippen LogP contribution in [0.3, 0.4) is 0 Å². The number of alkyl halides is 1. The highest BCUT2D eigenvalue weighted by Gasteiger charge is 2.54. The van der Waals surface area contributed by atoms with Crippen molar-refractivity contribution >= 4 is 59.3 Å². The molecule has 18 heteroatoms. The lowest BCUT2D eigenvalue weighted by Crippen LogP contribution is -2.40. The molecule has 3 heterocycles. The van der Waals surface area contributed by atoms with E-state index in [0.717, 1.165) is 17.3 Å². The third-order valence-electron chi connectivity index (χ3n) is 7.17. The van der Waals surface area contributed by atoms with Crippen LogP contribution in [0.1, 0.15) is 39.5 Å². The molecule has 15 nitrogen and oxygen atoms in total. The normalized spacial score (nSPS) is 22.9. The maximum Gasteiger partial charge on any atom is 0.407 e. The smallest absolute Gasteiger partial charge is 0.407 e. The van der Waals surface area contributed by atoms with Gasteiger partial charge in [0.15, 0.2) is 22.8 Å². The fourth-order valence-electron chi connectivity index (χ4n) is 4.51. The Morgan fingerprint density at radius 1 is 1.24 bits per heavy atom. The molecule has 3 aromatic rings. The van der Waals surface area contributed by atoms with Crippen molar-refractivity contribution in [1.82, 2.24) is 29.9 Å². The van der Waals surface area contributed by atoms with Gasteiger partial charge in [0.05, 0.1) is 31.6 Å². The Morgan fingerprint density at radius 2 is 1.98 bits per heavy atom. The predicted molar refractivity (Wildman–Crippen MR) is 173 cm³/mol. The molecule has 0 saturated carbocycles. The molecule has 1 aromatic carbocycles. The van der Waals surface area contributed by atoms with Crippen molar-refractivity contribution in [3.63, 3.8) is 0 Å². The molecule has 0 unspecified atom stereocenters. The van der Waals surface area contributed by atoms with Crippen LogP contribution in [0.15, 0.2) is 43.0 Å². The quantitative estimate of drug-likeness (QED) is 0.102. The van der Waals surface area contributed by atoms with E-state index >= 15 is 0 Å². The van der Waals surface area contributed by atoms with Crippen molar-refractivity contribution in [1.29, 1.82) is 0 Å². The number of imidazole rings is 1. The number of aliphatic hydroxyl groups is 1. The summed E-state index contributed by atoms with van der Waals surface area (Å²) in [5.74, 6) is 0.336. The summed E-state index contributed by atoms with van der Waals surface area (Å²) in [7, 11) is -4.00. The summed E-state index contributed by atoms with van der Waals surface area (Å²) in [6, 6.07) is 9.23. The number of nitrogen functional groups attached to an aromatic ring is 1. The zero-order chi connectivity index (χ0) is 33.5. The number of ether oxygens (including phenoxy) is 2. The number of nitrogens with two attached hydrogens (primary N) is 1. The van der Waals surface area contributed by atoms with Gasteiger partial charge in [0.25, 0.3) is 0 Å². The molecule has 0 radical (unpaired) electrons. The lowest BCUT2D eigenvalue weighted by molar-refractivity contribution is -0.117. The van der Waals surface area contributed by atoms with Crippen molar-refractivity contribution in [2.24, 2.45) is 5.41 Å².